The third-order valence-electron chi connectivity index (χ3n) is 4.46. The SMILES string of the molecule is Cc1nc(-c2cccc(NC(=O)c3cccc(S(=O)(=O)NCc4ccco4)c3)c2)cs1. The Hall–Kier alpha value is -3.27. The molecule has 0 atom stereocenters. The number of hydrogen-bond acceptors (Lipinski definition) is 6. The van der Waals surface area contributed by atoms with E-state index in [1.165, 1.54) is 24.5 Å². The zero-order chi connectivity index (χ0) is 21.8. The maximum Gasteiger partial charge on any atom is 0.255 e. The van der Waals surface area contributed by atoms with Gasteiger partial charge < -0.3 is 9.73 Å². The molecule has 0 spiro atoms. The van der Waals surface area contributed by atoms with Crippen molar-refractivity contribution in [1.29, 1.82) is 0 Å². The van der Waals surface area contributed by atoms with Crippen LogP contribution >= 0.6 is 11.3 Å². The Kier molecular flexibility index (Phi) is 5.99. The van der Waals surface area contributed by atoms with E-state index in [2.05, 4.69) is 15.0 Å². The average molecular weight is 454 g/mol. The molecule has 0 unspecified atom stereocenters. The van der Waals surface area contributed by atoms with Gasteiger partial charge in [-0.25, -0.2) is 18.1 Å². The first kappa shape index (κ1) is 21.0. The van der Waals surface area contributed by atoms with Crippen LogP contribution in [0.1, 0.15) is 21.1 Å². The number of thiazole rings is 1. The van der Waals surface area contributed by atoms with Crippen LogP contribution in [0.25, 0.3) is 11.3 Å². The number of hydrogen-bond donors (Lipinski definition) is 2. The van der Waals surface area contributed by atoms with Crippen LogP contribution in [0.4, 0.5) is 5.69 Å². The number of sulfonamides is 1. The highest BCUT2D eigenvalue weighted by molar-refractivity contribution is 7.89. The van der Waals surface area contributed by atoms with E-state index in [0.29, 0.717) is 11.4 Å². The number of amides is 1. The number of anilines is 1. The second-order valence-corrected chi connectivity index (χ2v) is 9.55. The van der Waals surface area contributed by atoms with Crippen LogP contribution in [0, 0.1) is 6.92 Å². The van der Waals surface area contributed by atoms with E-state index in [-0.39, 0.29) is 17.0 Å². The van der Waals surface area contributed by atoms with Gasteiger partial charge >= 0.3 is 0 Å². The summed E-state index contributed by atoms with van der Waals surface area (Å²) in [7, 11) is -3.80. The standard InChI is InChI=1S/C22H19N3O4S2/c1-15-24-21(14-30-15)16-5-2-7-18(11-16)25-22(26)17-6-3-9-20(12-17)31(27,28)23-13-19-8-4-10-29-19/h2-12,14,23H,13H2,1H3,(H,25,26). The summed E-state index contributed by atoms with van der Waals surface area (Å²) in [5.74, 6) is 0.0855. The van der Waals surface area contributed by atoms with Gasteiger partial charge in [0, 0.05) is 22.2 Å². The summed E-state index contributed by atoms with van der Waals surface area (Å²) in [5, 5.41) is 5.73. The van der Waals surface area contributed by atoms with Gasteiger partial charge in [-0.15, -0.1) is 11.3 Å². The van der Waals surface area contributed by atoms with Gasteiger partial charge in [-0.2, -0.15) is 0 Å². The quantitative estimate of drug-likeness (QED) is 0.431. The van der Waals surface area contributed by atoms with Crippen LogP contribution in [0.3, 0.4) is 0 Å². The normalized spacial score (nSPS) is 11.4. The van der Waals surface area contributed by atoms with Crippen molar-refractivity contribution < 1.29 is 17.6 Å². The Labute approximate surface area is 183 Å². The molecule has 0 aliphatic rings. The molecule has 4 aromatic rings. The summed E-state index contributed by atoms with van der Waals surface area (Å²) < 4.78 is 32.8. The van der Waals surface area contributed by atoms with E-state index in [4.69, 9.17) is 4.42 Å². The summed E-state index contributed by atoms with van der Waals surface area (Å²) in [5.41, 5.74) is 2.56. The van der Waals surface area contributed by atoms with Crippen molar-refractivity contribution in [3.05, 3.63) is 88.6 Å². The first-order valence-corrected chi connectivity index (χ1v) is 11.7. The number of carbonyl (C=O) groups is 1. The molecule has 0 aliphatic carbocycles. The Bertz CT molecular complexity index is 1310. The number of aryl methyl sites for hydroxylation is 1. The highest BCUT2D eigenvalue weighted by Gasteiger charge is 2.17. The van der Waals surface area contributed by atoms with Crippen LogP contribution in [0.2, 0.25) is 0 Å². The largest absolute Gasteiger partial charge is 0.468 e. The minimum absolute atomic E-state index is 0.00148. The van der Waals surface area contributed by atoms with Crippen molar-refractivity contribution in [2.24, 2.45) is 0 Å². The number of nitrogens with one attached hydrogen (secondary N) is 2. The van der Waals surface area contributed by atoms with E-state index in [0.717, 1.165) is 16.3 Å². The lowest BCUT2D eigenvalue weighted by Gasteiger charge is -2.09. The highest BCUT2D eigenvalue weighted by atomic mass is 32.2. The predicted octanol–water partition coefficient (Wildman–Crippen LogP) is 4.44. The van der Waals surface area contributed by atoms with Crippen molar-refractivity contribution in [3.63, 3.8) is 0 Å². The molecule has 9 heteroatoms. The topological polar surface area (TPSA) is 101 Å². The molecule has 0 radical (unpaired) electrons. The Morgan fingerprint density at radius 2 is 1.94 bits per heavy atom. The van der Waals surface area contributed by atoms with Gasteiger partial charge in [-0.3, -0.25) is 4.79 Å². The zero-order valence-electron chi connectivity index (χ0n) is 16.5. The fourth-order valence-corrected chi connectivity index (χ4v) is 4.58. The van der Waals surface area contributed by atoms with Crippen molar-refractivity contribution in [2.75, 3.05) is 5.32 Å². The summed E-state index contributed by atoms with van der Waals surface area (Å²) in [6.45, 7) is 1.96. The van der Waals surface area contributed by atoms with Crippen molar-refractivity contribution in [1.82, 2.24) is 9.71 Å². The molecular weight excluding hydrogens is 434 g/mol. The van der Waals surface area contributed by atoms with Gasteiger partial charge in [0.1, 0.15) is 5.76 Å². The number of aromatic nitrogens is 1. The fraction of sp³-hybridized carbons (Fsp3) is 0.0909. The Morgan fingerprint density at radius 1 is 1.10 bits per heavy atom. The second-order valence-electron chi connectivity index (χ2n) is 6.72. The lowest BCUT2D eigenvalue weighted by molar-refractivity contribution is 0.102. The summed E-state index contributed by atoms with van der Waals surface area (Å²) in [6.07, 6.45) is 1.47. The number of benzene rings is 2. The van der Waals surface area contributed by atoms with E-state index in [1.807, 2.05) is 30.5 Å². The monoisotopic (exact) mass is 453 g/mol. The average Bonchev–Trinajstić information content (AvgIpc) is 3.44. The summed E-state index contributed by atoms with van der Waals surface area (Å²) in [6, 6.07) is 16.6. The highest BCUT2D eigenvalue weighted by Crippen LogP contribution is 2.24. The molecule has 0 fully saturated rings. The van der Waals surface area contributed by atoms with Crippen molar-refractivity contribution in [3.8, 4) is 11.3 Å². The third kappa shape index (κ3) is 5.08. The lowest BCUT2D eigenvalue weighted by atomic mass is 10.1. The smallest absolute Gasteiger partial charge is 0.255 e. The molecular formula is C22H19N3O4S2. The fourth-order valence-electron chi connectivity index (χ4n) is 2.92. The lowest BCUT2D eigenvalue weighted by Crippen LogP contribution is -2.23. The van der Waals surface area contributed by atoms with Gasteiger partial charge in [0.15, 0.2) is 0 Å². The van der Waals surface area contributed by atoms with Gasteiger partial charge in [0.05, 0.1) is 28.4 Å². The molecule has 2 N–H and O–H groups in total. The predicted molar refractivity (Wildman–Crippen MR) is 119 cm³/mol. The van der Waals surface area contributed by atoms with Crippen LogP contribution in [-0.4, -0.2) is 19.3 Å². The van der Waals surface area contributed by atoms with Crippen molar-refractivity contribution in [2.45, 2.75) is 18.4 Å². The van der Waals surface area contributed by atoms with Crippen LogP contribution in [0.15, 0.2) is 81.6 Å². The molecule has 158 valence electrons. The van der Waals surface area contributed by atoms with E-state index < -0.39 is 15.9 Å². The molecule has 0 bridgehead atoms. The molecule has 4 rings (SSSR count). The molecule has 2 aromatic heterocycles. The molecule has 0 saturated carbocycles. The molecule has 7 nitrogen and oxygen atoms in total. The third-order valence-corrected chi connectivity index (χ3v) is 6.63. The Balaban J connectivity index is 1.49. The number of nitrogens with zero attached hydrogens (tertiary/aromatic N) is 1. The van der Waals surface area contributed by atoms with Gasteiger partial charge in [0.25, 0.3) is 5.91 Å². The molecule has 0 saturated heterocycles. The molecule has 2 aromatic carbocycles. The van der Waals surface area contributed by atoms with Gasteiger partial charge in [-0.05, 0) is 49.4 Å². The first-order chi connectivity index (χ1) is 14.9. The van der Waals surface area contributed by atoms with E-state index in [1.54, 1.807) is 35.6 Å². The molecule has 0 aliphatic heterocycles. The zero-order valence-corrected chi connectivity index (χ0v) is 18.2. The molecule has 31 heavy (non-hydrogen) atoms. The number of carbonyl (C=O) groups excluding carboxylic acids is 1. The second kappa shape index (κ2) is 8.84. The summed E-state index contributed by atoms with van der Waals surface area (Å²) in [4.78, 5) is 17.2. The first-order valence-electron chi connectivity index (χ1n) is 9.37. The van der Waals surface area contributed by atoms with Gasteiger partial charge in [0.2, 0.25) is 10.0 Å². The van der Waals surface area contributed by atoms with E-state index in [9.17, 15) is 13.2 Å². The summed E-state index contributed by atoms with van der Waals surface area (Å²) >= 11 is 1.56. The van der Waals surface area contributed by atoms with Gasteiger partial charge in [-0.1, -0.05) is 18.2 Å². The minimum Gasteiger partial charge on any atom is -0.468 e. The van der Waals surface area contributed by atoms with Crippen molar-refractivity contribution >= 4 is 33.0 Å². The maximum atomic E-state index is 12.7. The Morgan fingerprint density at radius 3 is 2.68 bits per heavy atom. The maximum absolute atomic E-state index is 12.7. The van der Waals surface area contributed by atoms with Crippen LogP contribution in [0.5, 0.6) is 0 Å². The van der Waals surface area contributed by atoms with Crippen LogP contribution < -0.4 is 10.0 Å². The molecule has 2 heterocycles. The number of furan rings is 1. The number of rotatable bonds is 7. The van der Waals surface area contributed by atoms with E-state index >= 15 is 0 Å². The minimum atomic E-state index is -3.80. The van der Waals surface area contributed by atoms with Crippen LogP contribution in [-0.2, 0) is 16.6 Å². The molecule has 1 amide bonds.